The summed E-state index contributed by atoms with van der Waals surface area (Å²) < 4.78 is 41.3. The molecule has 102 valence electrons. The summed E-state index contributed by atoms with van der Waals surface area (Å²) in [5.41, 5.74) is -0.916. The third kappa shape index (κ3) is 1.89. The van der Waals surface area contributed by atoms with Gasteiger partial charge in [-0.2, -0.15) is 13.2 Å². The van der Waals surface area contributed by atoms with E-state index in [1.807, 2.05) is 0 Å². The van der Waals surface area contributed by atoms with E-state index in [1.165, 1.54) is 6.20 Å². The van der Waals surface area contributed by atoms with E-state index >= 15 is 0 Å². The van der Waals surface area contributed by atoms with E-state index in [0.29, 0.717) is 29.4 Å². The van der Waals surface area contributed by atoms with Gasteiger partial charge in [0, 0.05) is 27.1 Å². The fourth-order valence-electron chi connectivity index (χ4n) is 2.82. The van der Waals surface area contributed by atoms with Crippen LogP contribution in [-0.2, 0) is 5.54 Å². The highest BCUT2D eigenvalue weighted by molar-refractivity contribution is 9.10. The lowest BCUT2D eigenvalue weighted by molar-refractivity contribution is -0.195. The topological polar surface area (TPSA) is 27.8 Å². The van der Waals surface area contributed by atoms with E-state index in [4.69, 9.17) is 0 Å². The van der Waals surface area contributed by atoms with Gasteiger partial charge in [0.05, 0.1) is 0 Å². The van der Waals surface area contributed by atoms with Crippen molar-refractivity contribution in [1.82, 2.24) is 10.3 Å². The van der Waals surface area contributed by atoms with Gasteiger partial charge in [-0.15, -0.1) is 0 Å². The molecule has 2 heterocycles. The van der Waals surface area contributed by atoms with E-state index in [0.717, 1.165) is 4.47 Å². The molecular formula is C13H12BrF3N2. The molecule has 2 nitrogen and oxygen atoms in total. The lowest BCUT2D eigenvalue weighted by Gasteiger charge is -2.31. The zero-order valence-electron chi connectivity index (χ0n) is 9.94. The minimum atomic E-state index is -4.30. The van der Waals surface area contributed by atoms with E-state index in [2.05, 4.69) is 26.2 Å². The SMILES string of the molecule is FC(F)(F)C1(c2c[nH]c3cc(Br)ccc23)CCCN1. The molecule has 1 atom stereocenters. The molecule has 19 heavy (non-hydrogen) atoms. The number of fused-ring (bicyclic) bond motifs is 1. The summed E-state index contributed by atoms with van der Waals surface area (Å²) in [5.74, 6) is 0. The predicted molar refractivity (Wildman–Crippen MR) is 71.0 cm³/mol. The molecule has 0 amide bonds. The number of hydrogen-bond donors (Lipinski definition) is 2. The van der Waals surface area contributed by atoms with Gasteiger partial charge in [0.2, 0.25) is 0 Å². The van der Waals surface area contributed by atoms with Gasteiger partial charge in [-0.25, -0.2) is 0 Å². The van der Waals surface area contributed by atoms with E-state index < -0.39 is 11.7 Å². The Kier molecular flexibility index (Phi) is 2.90. The van der Waals surface area contributed by atoms with Gasteiger partial charge < -0.3 is 4.98 Å². The Morgan fingerprint density at radius 1 is 1.26 bits per heavy atom. The van der Waals surface area contributed by atoms with E-state index in [9.17, 15) is 13.2 Å². The van der Waals surface area contributed by atoms with Crippen LogP contribution >= 0.6 is 15.9 Å². The second-order valence-electron chi connectivity index (χ2n) is 4.83. The Labute approximate surface area is 116 Å². The van der Waals surface area contributed by atoms with Crippen molar-refractivity contribution in [3.8, 4) is 0 Å². The van der Waals surface area contributed by atoms with Crippen LogP contribution in [0.2, 0.25) is 0 Å². The van der Waals surface area contributed by atoms with Gasteiger partial charge in [0.25, 0.3) is 0 Å². The van der Waals surface area contributed by atoms with Crippen LogP contribution in [0.5, 0.6) is 0 Å². The molecule has 0 spiro atoms. The molecule has 3 rings (SSSR count). The van der Waals surface area contributed by atoms with Crippen molar-refractivity contribution in [2.24, 2.45) is 0 Å². The molecule has 1 aliphatic rings. The van der Waals surface area contributed by atoms with Crippen molar-refractivity contribution in [1.29, 1.82) is 0 Å². The van der Waals surface area contributed by atoms with Crippen molar-refractivity contribution in [2.45, 2.75) is 24.6 Å². The second-order valence-corrected chi connectivity index (χ2v) is 5.74. The minimum Gasteiger partial charge on any atom is -0.361 e. The molecule has 0 aliphatic carbocycles. The average molecular weight is 333 g/mol. The van der Waals surface area contributed by atoms with Crippen LogP contribution in [0.4, 0.5) is 13.2 Å². The van der Waals surface area contributed by atoms with Crippen molar-refractivity contribution in [3.63, 3.8) is 0 Å². The summed E-state index contributed by atoms with van der Waals surface area (Å²) in [7, 11) is 0. The molecule has 1 aromatic heterocycles. The minimum absolute atomic E-state index is 0.0829. The molecule has 1 saturated heterocycles. The third-order valence-corrected chi connectivity index (χ3v) is 4.24. The Morgan fingerprint density at radius 3 is 2.68 bits per heavy atom. The van der Waals surface area contributed by atoms with Gasteiger partial charge in [0.15, 0.2) is 0 Å². The fourth-order valence-corrected chi connectivity index (χ4v) is 3.18. The molecule has 0 saturated carbocycles. The third-order valence-electron chi connectivity index (χ3n) is 3.74. The summed E-state index contributed by atoms with van der Waals surface area (Å²) in [6.45, 7) is 0.392. The van der Waals surface area contributed by atoms with Crippen LogP contribution in [-0.4, -0.2) is 17.7 Å². The summed E-state index contributed by atoms with van der Waals surface area (Å²) in [4.78, 5) is 2.93. The van der Waals surface area contributed by atoms with Crippen molar-refractivity contribution in [3.05, 3.63) is 34.4 Å². The Hall–Kier alpha value is -1.01. The molecule has 2 aromatic rings. The Balaban J connectivity index is 2.22. The number of aromatic amines is 1. The maximum Gasteiger partial charge on any atom is 0.410 e. The maximum atomic E-state index is 13.5. The Morgan fingerprint density at radius 2 is 2.05 bits per heavy atom. The predicted octanol–water partition coefficient (Wildman–Crippen LogP) is 4.07. The normalized spacial score (nSPS) is 24.2. The van der Waals surface area contributed by atoms with Crippen molar-refractivity contribution >= 4 is 26.8 Å². The summed E-state index contributed by atoms with van der Waals surface area (Å²) >= 11 is 3.32. The van der Waals surface area contributed by atoms with Crippen LogP contribution in [0.3, 0.4) is 0 Å². The largest absolute Gasteiger partial charge is 0.410 e. The van der Waals surface area contributed by atoms with Gasteiger partial charge in [-0.3, -0.25) is 5.32 Å². The number of alkyl halides is 3. The van der Waals surface area contributed by atoms with Gasteiger partial charge in [-0.1, -0.05) is 22.0 Å². The highest BCUT2D eigenvalue weighted by Gasteiger charge is 2.58. The average Bonchev–Trinajstić information content (AvgIpc) is 2.92. The zero-order valence-corrected chi connectivity index (χ0v) is 11.5. The first-order chi connectivity index (χ1) is 8.94. The number of halogens is 4. The summed E-state index contributed by atoms with van der Waals surface area (Å²) in [6.07, 6.45) is -2.21. The molecule has 0 radical (unpaired) electrons. The number of aromatic nitrogens is 1. The first kappa shape index (κ1) is 13.0. The smallest absolute Gasteiger partial charge is 0.361 e. The highest BCUT2D eigenvalue weighted by Crippen LogP contribution is 2.47. The Bertz CT molecular complexity index is 612. The first-order valence-corrected chi connectivity index (χ1v) is 6.82. The zero-order chi connectivity index (χ0) is 13.7. The van der Waals surface area contributed by atoms with E-state index in [1.54, 1.807) is 18.2 Å². The number of hydrogen-bond acceptors (Lipinski definition) is 1. The number of benzene rings is 1. The second kappa shape index (κ2) is 4.24. The molecule has 6 heteroatoms. The lowest BCUT2D eigenvalue weighted by Crippen LogP contribution is -2.49. The molecule has 0 bridgehead atoms. The number of H-pyrrole nitrogens is 1. The standard InChI is InChI=1S/C13H12BrF3N2/c14-8-2-3-9-10(7-18-11(9)6-8)12(13(15,16)17)4-1-5-19-12/h2-3,6-7,18-19H,1,4-5H2. The van der Waals surface area contributed by atoms with Crippen molar-refractivity contribution < 1.29 is 13.2 Å². The molecule has 1 unspecified atom stereocenters. The molecule has 1 fully saturated rings. The molecular weight excluding hydrogens is 321 g/mol. The first-order valence-electron chi connectivity index (χ1n) is 6.03. The monoisotopic (exact) mass is 332 g/mol. The molecule has 1 aliphatic heterocycles. The molecule has 1 aromatic carbocycles. The van der Waals surface area contributed by atoms with Gasteiger partial charge in [0.1, 0.15) is 5.54 Å². The maximum absolute atomic E-state index is 13.5. The quantitative estimate of drug-likeness (QED) is 0.809. The van der Waals surface area contributed by atoms with Crippen LogP contribution in [0.15, 0.2) is 28.9 Å². The summed E-state index contributed by atoms with van der Waals surface area (Å²) in [6, 6.07) is 5.27. The number of nitrogens with one attached hydrogen (secondary N) is 2. The van der Waals surface area contributed by atoms with Crippen LogP contribution in [0.1, 0.15) is 18.4 Å². The van der Waals surface area contributed by atoms with Crippen LogP contribution in [0.25, 0.3) is 10.9 Å². The fraction of sp³-hybridized carbons (Fsp3) is 0.385. The van der Waals surface area contributed by atoms with Gasteiger partial charge >= 0.3 is 6.18 Å². The highest BCUT2D eigenvalue weighted by atomic mass is 79.9. The van der Waals surface area contributed by atoms with E-state index in [-0.39, 0.29) is 6.42 Å². The van der Waals surface area contributed by atoms with Crippen LogP contribution < -0.4 is 5.32 Å². The summed E-state index contributed by atoms with van der Waals surface area (Å²) in [5, 5.41) is 3.28. The van der Waals surface area contributed by atoms with Crippen LogP contribution in [0, 0.1) is 0 Å². The number of rotatable bonds is 1. The molecule has 2 N–H and O–H groups in total. The van der Waals surface area contributed by atoms with Gasteiger partial charge in [-0.05, 0) is 31.5 Å². The van der Waals surface area contributed by atoms with Crippen molar-refractivity contribution in [2.75, 3.05) is 6.54 Å². The lowest BCUT2D eigenvalue weighted by atomic mass is 9.87.